The van der Waals surface area contributed by atoms with Crippen molar-refractivity contribution in [3.05, 3.63) is 53.6 Å². The Morgan fingerprint density at radius 1 is 1.08 bits per heavy atom. The zero-order chi connectivity index (χ0) is 18.1. The number of carbonyl (C=O) groups is 1. The molecule has 0 radical (unpaired) electrons. The molecule has 0 spiro atoms. The van der Waals surface area contributed by atoms with Crippen molar-refractivity contribution >= 4 is 21.4 Å². The first-order chi connectivity index (χ1) is 11.0. The lowest BCUT2D eigenvalue weighted by molar-refractivity contribution is -0.137. The Labute approximate surface area is 135 Å². The van der Waals surface area contributed by atoms with Crippen LogP contribution in [-0.4, -0.2) is 25.7 Å². The van der Waals surface area contributed by atoms with Crippen molar-refractivity contribution in [2.24, 2.45) is 0 Å². The van der Waals surface area contributed by atoms with E-state index in [2.05, 4.69) is 5.32 Å². The molecule has 0 saturated carbocycles. The number of carbonyl (C=O) groups excluding carboxylic acids is 1. The molecule has 0 atom stereocenters. The maximum absolute atomic E-state index is 12.5. The predicted molar refractivity (Wildman–Crippen MR) is 80.6 cm³/mol. The van der Waals surface area contributed by atoms with Gasteiger partial charge in [0.15, 0.2) is 9.84 Å². The van der Waals surface area contributed by atoms with Crippen LogP contribution in [0.5, 0.6) is 5.75 Å². The molecule has 0 fully saturated rings. The maximum atomic E-state index is 12.5. The molecule has 1 amide bonds. The summed E-state index contributed by atoms with van der Waals surface area (Å²) < 4.78 is 60.5. The highest BCUT2D eigenvalue weighted by atomic mass is 32.2. The SMILES string of the molecule is CS(=O)(=O)c1cc(NC(=O)c2ccc(C(F)(F)F)cc2)ccc1O. The van der Waals surface area contributed by atoms with Crippen molar-refractivity contribution < 1.29 is 31.5 Å². The standard InChI is InChI=1S/C15H12F3NO4S/c1-24(22,23)13-8-11(6-7-12(13)20)19-14(21)9-2-4-10(5-3-9)15(16,17)18/h2-8,20H,1H3,(H,19,21). The van der Waals surface area contributed by atoms with Gasteiger partial charge >= 0.3 is 6.18 Å². The van der Waals surface area contributed by atoms with Gasteiger partial charge < -0.3 is 10.4 Å². The summed E-state index contributed by atoms with van der Waals surface area (Å²) in [6.07, 6.45) is -3.61. The molecule has 24 heavy (non-hydrogen) atoms. The summed E-state index contributed by atoms with van der Waals surface area (Å²) >= 11 is 0. The average Bonchev–Trinajstić information content (AvgIpc) is 2.47. The van der Waals surface area contributed by atoms with Crippen molar-refractivity contribution in [2.75, 3.05) is 11.6 Å². The van der Waals surface area contributed by atoms with Crippen LogP contribution >= 0.6 is 0 Å². The summed E-state index contributed by atoms with van der Waals surface area (Å²) in [6, 6.07) is 6.99. The van der Waals surface area contributed by atoms with Gasteiger partial charge in [-0.15, -0.1) is 0 Å². The molecule has 2 rings (SSSR count). The third-order valence-electron chi connectivity index (χ3n) is 3.09. The molecule has 0 aliphatic heterocycles. The van der Waals surface area contributed by atoms with Crippen LogP contribution in [0.2, 0.25) is 0 Å². The molecule has 0 bridgehead atoms. The molecular weight excluding hydrogens is 347 g/mol. The van der Waals surface area contributed by atoms with Gasteiger partial charge in [0, 0.05) is 17.5 Å². The van der Waals surface area contributed by atoms with Crippen molar-refractivity contribution in [3.63, 3.8) is 0 Å². The summed E-state index contributed by atoms with van der Waals surface area (Å²) in [7, 11) is -3.70. The number of phenols is 1. The lowest BCUT2D eigenvalue weighted by Crippen LogP contribution is -2.13. The van der Waals surface area contributed by atoms with E-state index in [4.69, 9.17) is 0 Å². The van der Waals surface area contributed by atoms with Gasteiger partial charge in [0.1, 0.15) is 10.6 Å². The molecule has 5 nitrogen and oxygen atoms in total. The first-order valence-electron chi connectivity index (χ1n) is 6.50. The van der Waals surface area contributed by atoms with Gasteiger partial charge in [0.2, 0.25) is 0 Å². The van der Waals surface area contributed by atoms with Gasteiger partial charge in [-0.05, 0) is 42.5 Å². The average molecular weight is 359 g/mol. The Hall–Kier alpha value is -2.55. The van der Waals surface area contributed by atoms with Crippen LogP contribution in [0.25, 0.3) is 0 Å². The van der Waals surface area contributed by atoms with Crippen LogP contribution in [0.15, 0.2) is 47.4 Å². The van der Waals surface area contributed by atoms with E-state index in [0.717, 1.165) is 42.7 Å². The minimum atomic E-state index is -4.50. The van der Waals surface area contributed by atoms with Crippen molar-refractivity contribution in [1.29, 1.82) is 0 Å². The number of phenolic OH excluding ortho intramolecular Hbond substituents is 1. The zero-order valence-electron chi connectivity index (χ0n) is 12.3. The van der Waals surface area contributed by atoms with E-state index in [9.17, 15) is 31.5 Å². The Kier molecular flexibility index (Phi) is 4.57. The molecule has 2 aromatic rings. The van der Waals surface area contributed by atoms with Gasteiger partial charge in [0.25, 0.3) is 5.91 Å². The van der Waals surface area contributed by atoms with E-state index >= 15 is 0 Å². The number of sulfone groups is 1. The third kappa shape index (κ3) is 4.05. The molecule has 9 heteroatoms. The van der Waals surface area contributed by atoms with Crippen LogP contribution in [0.3, 0.4) is 0 Å². The number of anilines is 1. The molecule has 0 aliphatic rings. The van der Waals surface area contributed by atoms with Gasteiger partial charge in [-0.2, -0.15) is 13.2 Å². The minimum Gasteiger partial charge on any atom is -0.507 e. The number of hydrogen-bond acceptors (Lipinski definition) is 4. The molecule has 0 unspecified atom stereocenters. The minimum absolute atomic E-state index is 0.0306. The Morgan fingerprint density at radius 3 is 2.17 bits per heavy atom. The fraction of sp³-hybridized carbons (Fsp3) is 0.133. The molecule has 0 aliphatic carbocycles. The second kappa shape index (κ2) is 6.16. The fourth-order valence-electron chi connectivity index (χ4n) is 1.90. The topological polar surface area (TPSA) is 83.5 Å². The molecule has 0 heterocycles. The highest BCUT2D eigenvalue weighted by Gasteiger charge is 2.30. The lowest BCUT2D eigenvalue weighted by atomic mass is 10.1. The number of rotatable bonds is 3. The molecule has 0 saturated heterocycles. The molecule has 128 valence electrons. The second-order valence-electron chi connectivity index (χ2n) is 4.98. The van der Waals surface area contributed by atoms with Crippen molar-refractivity contribution in [1.82, 2.24) is 0 Å². The Bertz CT molecular complexity index is 875. The van der Waals surface area contributed by atoms with Crippen molar-refractivity contribution in [3.8, 4) is 5.75 Å². The predicted octanol–water partition coefficient (Wildman–Crippen LogP) is 3.07. The first kappa shape index (κ1) is 17.8. The number of nitrogens with one attached hydrogen (secondary N) is 1. The van der Waals surface area contributed by atoms with Gasteiger partial charge in [-0.1, -0.05) is 0 Å². The number of benzene rings is 2. The second-order valence-corrected chi connectivity index (χ2v) is 6.97. The number of halogens is 3. The van der Waals surface area contributed by atoms with Crippen LogP contribution in [-0.2, 0) is 16.0 Å². The van der Waals surface area contributed by atoms with E-state index in [1.54, 1.807) is 0 Å². The molecule has 2 N–H and O–H groups in total. The van der Waals surface area contributed by atoms with Gasteiger partial charge in [0.05, 0.1) is 5.56 Å². The van der Waals surface area contributed by atoms with Crippen LogP contribution in [0.4, 0.5) is 18.9 Å². The van der Waals surface area contributed by atoms with Crippen LogP contribution < -0.4 is 5.32 Å². The number of hydrogen-bond donors (Lipinski definition) is 2. The van der Waals surface area contributed by atoms with E-state index in [-0.39, 0.29) is 16.1 Å². The monoisotopic (exact) mass is 359 g/mol. The normalized spacial score (nSPS) is 12.0. The van der Waals surface area contributed by atoms with Crippen LogP contribution in [0, 0.1) is 0 Å². The summed E-state index contributed by atoms with van der Waals surface area (Å²) in [5, 5.41) is 11.9. The molecule has 2 aromatic carbocycles. The quantitative estimate of drug-likeness (QED) is 0.825. The summed E-state index contributed by atoms with van der Waals surface area (Å²) in [5.41, 5.74) is -0.835. The van der Waals surface area contributed by atoms with Crippen molar-refractivity contribution in [2.45, 2.75) is 11.1 Å². The Balaban J connectivity index is 2.24. The molecular formula is C15H12F3NO4S. The summed E-state index contributed by atoms with van der Waals surface area (Å²) in [5.74, 6) is -1.18. The summed E-state index contributed by atoms with van der Waals surface area (Å²) in [4.78, 5) is 11.6. The van der Waals surface area contributed by atoms with Crippen LogP contribution in [0.1, 0.15) is 15.9 Å². The highest BCUT2D eigenvalue weighted by Crippen LogP contribution is 2.29. The first-order valence-corrected chi connectivity index (χ1v) is 8.39. The lowest BCUT2D eigenvalue weighted by Gasteiger charge is -2.10. The number of amides is 1. The van der Waals surface area contributed by atoms with E-state index in [1.807, 2.05) is 0 Å². The smallest absolute Gasteiger partial charge is 0.416 e. The van der Waals surface area contributed by atoms with Gasteiger partial charge in [-0.25, -0.2) is 8.42 Å². The number of alkyl halides is 3. The Morgan fingerprint density at radius 2 is 1.67 bits per heavy atom. The highest BCUT2D eigenvalue weighted by molar-refractivity contribution is 7.90. The zero-order valence-corrected chi connectivity index (χ0v) is 13.1. The molecule has 0 aromatic heterocycles. The number of aromatic hydroxyl groups is 1. The third-order valence-corrected chi connectivity index (χ3v) is 4.22. The largest absolute Gasteiger partial charge is 0.507 e. The maximum Gasteiger partial charge on any atom is 0.416 e. The van der Waals surface area contributed by atoms with Gasteiger partial charge in [-0.3, -0.25) is 4.79 Å². The van der Waals surface area contributed by atoms with E-state index in [0.29, 0.717) is 0 Å². The van der Waals surface area contributed by atoms with E-state index < -0.39 is 33.2 Å². The van der Waals surface area contributed by atoms with E-state index in [1.165, 1.54) is 6.07 Å². The fourth-order valence-corrected chi connectivity index (χ4v) is 2.69. The summed E-state index contributed by atoms with van der Waals surface area (Å²) in [6.45, 7) is 0.